The van der Waals surface area contributed by atoms with Gasteiger partial charge in [0, 0.05) is 10.6 Å². The van der Waals surface area contributed by atoms with E-state index in [1.807, 2.05) is 0 Å². The highest BCUT2D eigenvalue weighted by Gasteiger charge is 2.04. The van der Waals surface area contributed by atoms with Crippen LogP contribution in [0.3, 0.4) is 0 Å². The van der Waals surface area contributed by atoms with E-state index >= 15 is 0 Å². The fourth-order valence-electron chi connectivity index (χ4n) is 0.997. The molecule has 0 saturated heterocycles. The summed E-state index contributed by atoms with van der Waals surface area (Å²) in [6.45, 7) is 1.68. The van der Waals surface area contributed by atoms with Gasteiger partial charge in [0.05, 0.1) is 5.71 Å². The van der Waals surface area contributed by atoms with Gasteiger partial charge in [-0.1, -0.05) is 11.6 Å². The van der Waals surface area contributed by atoms with Crippen LogP contribution < -0.4 is 11.5 Å². The summed E-state index contributed by atoms with van der Waals surface area (Å²) < 4.78 is 0. The molecular formula is C9H11ClN4O. The Kier molecular flexibility index (Phi) is 3.51. The second-order valence-corrected chi connectivity index (χ2v) is 3.31. The molecule has 0 amide bonds. The maximum atomic E-state index is 9.55. The quantitative estimate of drug-likeness (QED) is 0.399. The first-order valence-electron chi connectivity index (χ1n) is 4.13. The Morgan fingerprint density at radius 1 is 1.33 bits per heavy atom. The first-order valence-corrected chi connectivity index (χ1v) is 4.50. The zero-order valence-electron chi connectivity index (χ0n) is 8.11. The third-order valence-electron chi connectivity index (χ3n) is 1.67. The van der Waals surface area contributed by atoms with Gasteiger partial charge >= 0.3 is 0 Å². The van der Waals surface area contributed by atoms with Crippen LogP contribution in [0.1, 0.15) is 12.5 Å². The van der Waals surface area contributed by atoms with Gasteiger partial charge in [-0.2, -0.15) is 5.10 Å². The lowest BCUT2D eigenvalue weighted by Gasteiger charge is -2.02. The van der Waals surface area contributed by atoms with Gasteiger partial charge in [-0.25, -0.2) is 0 Å². The summed E-state index contributed by atoms with van der Waals surface area (Å²) in [6.07, 6.45) is 0. The standard InChI is InChI=1S/C9H11ClN4O/c1-5(13-14-9(11)12)7-3-2-6(10)4-8(7)15/h2-4,15H,1H3,(H4,11,12,14)/b13-5+. The zero-order valence-corrected chi connectivity index (χ0v) is 8.86. The zero-order chi connectivity index (χ0) is 11.4. The molecule has 0 aliphatic heterocycles. The predicted octanol–water partition coefficient (Wildman–Crippen LogP) is 1.04. The van der Waals surface area contributed by atoms with E-state index < -0.39 is 0 Å². The van der Waals surface area contributed by atoms with E-state index in [1.165, 1.54) is 6.07 Å². The second-order valence-electron chi connectivity index (χ2n) is 2.87. The molecule has 0 heterocycles. The average molecular weight is 227 g/mol. The van der Waals surface area contributed by atoms with Crippen LogP contribution in [0.15, 0.2) is 28.4 Å². The largest absolute Gasteiger partial charge is 0.507 e. The number of hydrogen-bond donors (Lipinski definition) is 3. The first-order chi connectivity index (χ1) is 7.00. The SMILES string of the molecule is C/C(=N\N=C(N)N)c1ccc(Cl)cc1O. The summed E-state index contributed by atoms with van der Waals surface area (Å²) >= 11 is 5.68. The Hall–Kier alpha value is -1.75. The van der Waals surface area contributed by atoms with Gasteiger partial charge in [0.25, 0.3) is 0 Å². The highest BCUT2D eigenvalue weighted by molar-refractivity contribution is 6.30. The molecule has 1 rings (SSSR count). The summed E-state index contributed by atoms with van der Waals surface area (Å²) in [5.74, 6) is -0.0997. The molecule has 0 aromatic heterocycles. The van der Waals surface area contributed by atoms with Crippen molar-refractivity contribution in [3.8, 4) is 5.75 Å². The van der Waals surface area contributed by atoms with Crippen molar-refractivity contribution in [2.45, 2.75) is 6.92 Å². The molecule has 0 aliphatic carbocycles. The molecule has 0 fully saturated rings. The predicted molar refractivity (Wildman–Crippen MR) is 61.1 cm³/mol. The van der Waals surface area contributed by atoms with Crippen LogP contribution in [0.2, 0.25) is 5.02 Å². The molecule has 0 saturated carbocycles. The van der Waals surface area contributed by atoms with Crippen LogP contribution in [0.4, 0.5) is 0 Å². The minimum atomic E-state index is -0.136. The monoisotopic (exact) mass is 226 g/mol. The number of phenolic OH excluding ortho intramolecular Hbond substituents is 1. The fourth-order valence-corrected chi connectivity index (χ4v) is 1.16. The summed E-state index contributed by atoms with van der Waals surface area (Å²) in [5.41, 5.74) is 11.3. The van der Waals surface area contributed by atoms with Crippen LogP contribution >= 0.6 is 11.6 Å². The second kappa shape index (κ2) is 4.65. The van der Waals surface area contributed by atoms with Crippen LogP contribution in [0.5, 0.6) is 5.75 Å². The molecule has 15 heavy (non-hydrogen) atoms. The minimum Gasteiger partial charge on any atom is -0.507 e. The molecule has 0 radical (unpaired) electrons. The molecule has 5 N–H and O–H groups in total. The van der Waals surface area contributed by atoms with E-state index in [1.54, 1.807) is 19.1 Å². The van der Waals surface area contributed by atoms with Gasteiger partial charge in [0.1, 0.15) is 5.75 Å². The van der Waals surface area contributed by atoms with E-state index in [9.17, 15) is 5.11 Å². The van der Waals surface area contributed by atoms with Crippen molar-refractivity contribution in [1.82, 2.24) is 0 Å². The van der Waals surface area contributed by atoms with Gasteiger partial charge in [0.2, 0.25) is 5.96 Å². The van der Waals surface area contributed by atoms with Crippen LogP contribution in [-0.4, -0.2) is 16.8 Å². The first kappa shape index (κ1) is 11.3. The number of halogens is 1. The molecule has 80 valence electrons. The molecule has 6 heteroatoms. The average Bonchev–Trinajstić information content (AvgIpc) is 2.14. The molecule has 0 atom stereocenters. The molecule has 0 bridgehead atoms. The van der Waals surface area contributed by atoms with E-state index in [2.05, 4.69) is 10.2 Å². The number of phenols is 1. The number of nitrogens with zero attached hydrogens (tertiary/aromatic N) is 2. The van der Waals surface area contributed by atoms with Crippen molar-refractivity contribution < 1.29 is 5.11 Å². The van der Waals surface area contributed by atoms with Crippen molar-refractivity contribution >= 4 is 23.3 Å². The summed E-state index contributed by atoms with van der Waals surface area (Å²) in [6, 6.07) is 4.70. The number of rotatable bonds is 2. The number of benzene rings is 1. The minimum absolute atomic E-state index is 0.0366. The van der Waals surface area contributed by atoms with Gasteiger partial charge in [-0.3, -0.25) is 0 Å². The van der Waals surface area contributed by atoms with E-state index in [0.29, 0.717) is 16.3 Å². The number of hydrogen-bond acceptors (Lipinski definition) is 3. The van der Waals surface area contributed by atoms with Gasteiger partial charge in [-0.05, 0) is 25.1 Å². The number of guanidine groups is 1. The summed E-state index contributed by atoms with van der Waals surface area (Å²) in [7, 11) is 0. The Morgan fingerprint density at radius 2 is 2.00 bits per heavy atom. The fraction of sp³-hybridized carbons (Fsp3) is 0.111. The summed E-state index contributed by atoms with van der Waals surface area (Å²) in [5, 5.41) is 17.2. The lowest BCUT2D eigenvalue weighted by atomic mass is 10.1. The van der Waals surface area contributed by atoms with Crippen molar-refractivity contribution in [1.29, 1.82) is 0 Å². The van der Waals surface area contributed by atoms with Crippen LogP contribution in [0, 0.1) is 0 Å². The van der Waals surface area contributed by atoms with Crippen molar-refractivity contribution in [3.05, 3.63) is 28.8 Å². The van der Waals surface area contributed by atoms with E-state index in [0.717, 1.165) is 0 Å². The van der Waals surface area contributed by atoms with Crippen LogP contribution in [0.25, 0.3) is 0 Å². The van der Waals surface area contributed by atoms with Crippen molar-refractivity contribution in [3.63, 3.8) is 0 Å². The van der Waals surface area contributed by atoms with Gasteiger partial charge in [0.15, 0.2) is 0 Å². The maximum Gasteiger partial charge on any atom is 0.211 e. The molecule has 5 nitrogen and oxygen atoms in total. The van der Waals surface area contributed by atoms with Gasteiger partial charge in [-0.15, -0.1) is 5.10 Å². The molecule has 1 aromatic carbocycles. The highest BCUT2D eigenvalue weighted by Crippen LogP contribution is 2.22. The maximum absolute atomic E-state index is 9.55. The van der Waals surface area contributed by atoms with Crippen molar-refractivity contribution in [2.75, 3.05) is 0 Å². The van der Waals surface area contributed by atoms with Crippen molar-refractivity contribution in [2.24, 2.45) is 21.7 Å². The third kappa shape index (κ3) is 3.14. The Bertz CT molecular complexity index is 424. The highest BCUT2D eigenvalue weighted by atomic mass is 35.5. The van der Waals surface area contributed by atoms with Crippen LogP contribution in [-0.2, 0) is 0 Å². The van der Waals surface area contributed by atoms with Gasteiger partial charge < -0.3 is 16.6 Å². The Morgan fingerprint density at radius 3 is 2.53 bits per heavy atom. The van der Waals surface area contributed by atoms with E-state index in [4.69, 9.17) is 23.1 Å². The smallest absolute Gasteiger partial charge is 0.211 e. The topological polar surface area (TPSA) is 97.0 Å². The molecule has 0 spiro atoms. The lowest BCUT2D eigenvalue weighted by molar-refractivity contribution is 0.474. The Balaban J connectivity index is 3.06. The molecule has 0 aliphatic rings. The molecule has 0 unspecified atom stereocenters. The third-order valence-corrected chi connectivity index (χ3v) is 1.90. The summed E-state index contributed by atoms with van der Waals surface area (Å²) in [4.78, 5) is 0. The molecular weight excluding hydrogens is 216 g/mol. The normalized spacial score (nSPS) is 11.2. The van der Waals surface area contributed by atoms with E-state index in [-0.39, 0.29) is 11.7 Å². The molecule has 1 aromatic rings. The number of nitrogens with two attached hydrogens (primary N) is 2. The lowest BCUT2D eigenvalue weighted by Crippen LogP contribution is -2.22. The Labute approximate surface area is 92.1 Å². The number of aromatic hydroxyl groups is 1.